The molecule has 0 bridgehead atoms. The van der Waals surface area contributed by atoms with Crippen LogP contribution in [0.5, 0.6) is 0 Å². The van der Waals surface area contributed by atoms with Gasteiger partial charge in [0.25, 0.3) is 0 Å². The normalized spacial score (nSPS) is 29.2. The van der Waals surface area contributed by atoms with Crippen LogP contribution in [0.2, 0.25) is 18.1 Å². The van der Waals surface area contributed by atoms with Crippen molar-refractivity contribution < 1.29 is 33.2 Å². The van der Waals surface area contributed by atoms with Crippen molar-refractivity contribution in [2.45, 2.75) is 135 Å². The quantitative estimate of drug-likeness (QED) is 0.159. The van der Waals surface area contributed by atoms with Crippen LogP contribution in [0.3, 0.4) is 0 Å². The Labute approximate surface area is 301 Å². The number of hydrogen-bond acceptors (Lipinski definition) is 7. The van der Waals surface area contributed by atoms with Gasteiger partial charge in [-0.25, -0.2) is 0 Å². The lowest BCUT2D eigenvalue weighted by atomic mass is 9.76. The number of benzene rings is 3. The highest BCUT2D eigenvalue weighted by Crippen LogP contribution is 2.43. The van der Waals surface area contributed by atoms with Crippen molar-refractivity contribution in [3.63, 3.8) is 0 Å². The summed E-state index contributed by atoms with van der Waals surface area (Å²) in [5, 5.41) is 10.4. The zero-order chi connectivity index (χ0) is 35.7. The minimum atomic E-state index is -2.17. The Hall–Kier alpha value is -2.40. The highest BCUT2D eigenvalue weighted by molar-refractivity contribution is 6.74. The maximum atomic E-state index is 10.3. The summed E-state index contributed by atoms with van der Waals surface area (Å²) < 4.78 is 41.5. The van der Waals surface area contributed by atoms with Gasteiger partial charge in [0, 0.05) is 6.61 Å². The predicted molar refractivity (Wildman–Crippen MR) is 200 cm³/mol. The molecule has 0 radical (unpaired) electrons. The van der Waals surface area contributed by atoms with Crippen molar-refractivity contribution in [3.8, 4) is 0 Å². The molecule has 3 aromatic carbocycles. The van der Waals surface area contributed by atoms with Gasteiger partial charge in [-0.1, -0.05) is 125 Å². The molecule has 1 saturated heterocycles. The third kappa shape index (κ3) is 10.1. The van der Waals surface area contributed by atoms with Crippen molar-refractivity contribution in [3.05, 3.63) is 108 Å². The second kappa shape index (κ2) is 17.9. The summed E-state index contributed by atoms with van der Waals surface area (Å²) in [6, 6.07) is 30.6. The number of aliphatic hydroxyl groups is 1. The molecule has 9 atom stereocenters. The van der Waals surface area contributed by atoms with E-state index in [-0.39, 0.29) is 41.8 Å². The third-order valence-corrected chi connectivity index (χ3v) is 15.4. The molecule has 1 aliphatic heterocycles. The summed E-state index contributed by atoms with van der Waals surface area (Å²) in [5.74, 6) is 0.365. The first kappa shape index (κ1) is 38.8. The lowest BCUT2D eigenvalue weighted by molar-refractivity contribution is -0.338. The van der Waals surface area contributed by atoms with Gasteiger partial charge in [0.1, 0.15) is 18.3 Å². The molecule has 2 aliphatic rings. The SMILES string of the molecule is CCC1CC(CO)CC(O[Si](C)(C)C(C)(C)C)C1O[C@@H]1OC(C)[C@@H](OCc2ccccc2)C(OCc2ccccc2)C1OCc1ccccc1. The highest BCUT2D eigenvalue weighted by atomic mass is 28.4. The van der Waals surface area contributed by atoms with Crippen molar-refractivity contribution in [1.29, 1.82) is 0 Å². The fraction of sp³-hybridized carbons (Fsp3) is 0.571. The second-order valence-corrected chi connectivity index (χ2v) is 20.5. The van der Waals surface area contributed by atoms with Gasteiger partial charge < -0.3 is 33.2 Å². The third-order valence-electron chi connectivity index (χ3n) is 10.9. The minimum Gasteiger partial charge on any atom is -0.411 e. The molecule has 50 heavy (non-hydrogen) atoms. The molecular weight excluding hydrogens is 645 g/mol. The lowest BCUT2D eigenvalue weighted by Gasteiger charge is -2.50. The van der Waals surface area contributed by atoms with E-state index in [4.69, 9.17) is 28.1 Å². The van der Waals surface area contributed by atoms with E-state index in [9.17, 15) is 5.11 Å². The van der Waals surface area contributed by atoms with Crippen LogP contribution >= 0.6 is 0 Å². The molecule has 0 aromatic heterocycles. The summed E-state index contributed by atoms with van der Waals surface area (Å²) in [6.07, 6.45) is -0.399. The molecule has 8 heteroatoms. The van der Waals surface area contributed by atoms with Crippen molar-refractivity contribution >= 4 is 8.32 Å². The number of aliphatic hydroxyl groups excluding tert-OH is 1. The van der Waals surface area contributed by atoms with E-state index in [1.807, 2.05) is 61.5 Å². The number of ether oxygens (including phenoxy) is 5. The van der Waals surface area contributed by atoms with Crippen LogP contribution in [0.4, 0.5) is 0 Å². The van der Waals surface area contributed by atoms with E-state index in [1.54, 1.807) is 0 Å². The molecule has 7 nitrogen and oxygen atoms in total. The summed E-state index contributed by atoms with van der Waals surface area (Å²) >= 11 is 0. The Morgan fingerprint density at radius 3 is 1.64 bits per heavy atom. The minimum absolute atomic E-state index is 0.0300. The van der Waals surface area contributed by atoms with Crippen LogP contribution in [-0.2, 0) is 47.9 Å². The molecule has 274 valence electrons. The largest absolute Gasteiger partial charge is 0.411 e. The van der Waals surface area contributed by atoms with E-state index in [0.29, 0.717) is 19.8 Å². The first-order chi connectivity index (χ1) is 24.0. The van der Waals surface area contributed by atoms with Gasteiger partial charge in [-0.3, -0.25) is 0 Å². The smallest absolute Gasteiger partial charge is 0.192 e. The number of rotatable bonds is 15. The molecule has 1 heterocycles. The van der Waals surface area contributed by atoms with E-state index in [1.165, 1.54) is 0 Å². The van der Waals surface area contributed by atoms with Gasteiger partial charge in [-0.2, -0.15) is 0 Å². The molecule has 1 aliphatic carbocycles. The summed E-state index contributed by atoms with van der Waals surface area (Å²) in [7, 11) is -2.17. The fourth-order valence-corrected chi connectivity index (χ4v) is 8.32. The Morgan fingerprint density at radius 1 is 0.700 bits per heavy atom. The first-order valence-corrected chi connectivity index (χ1v) is 21.5. The van der Waals surface area contributed by atoms with Crippen molar-refractivity contribution in [2.24, 2.45) is 11.8 Å². The predicted octanol–water partition coefficient (Wildman–Crippen LogP) is 8.69. The van der Waals surface area contributed by atoms with E-state index < -0.39 is 32.9 Å². The summed E-state index contributed by atoms with van der Waals surface area (Å²) in [6.45, 7) is 17.0. The second-order valence-electron chi connectivity index (χ2n) is 15.7. The molecule has 0 spiro atoms. The van der Waals surface area contributed by atoms with Crippen LogP contribution in [0, 0.1) is 11.8 Å². The van der Waals surface area contributed by atoms with Crippen LogP contribution in [0.25, 0.3) is 0 Å². The molecule has 3 aromatic rings. The van der Waals surface area contributed by atoms with Gasteiger partial charge in [-0.15, -0.1) is 0 Å². The Kier molecular flexibility index (Phi) is 13.9. The Morgan fingerprint density at radius 2 is 1.18 bits per heavy atom. The van der Waals surface area contributed by atoms with Crippen LogP contribution in [0.1, 0.15) is 70.6 Å². The Bertz CT molecular complexity index is 1400. The van der Waals surface area contributed by atoms with Gasteiger partial charge in [0.05, 0.1) is 38.1 Å². The summed E-state index contributed by atoms with van der Waals surface area (Å²) in [4.78, 5) is 0. The first-order valence-electron chi connectivity index (χ1n) is 18.5. The molecule has 5 rings (SSSR count). The molecule has 7 unspecified atom stereocenters. The van der Waals surface area contributed by atoms with Crippen LogP contribution in [-0.4, -0.2) is 62.9 Å². The average Bonchev–Trinajstić information content (AvgIpc) is 3.11. The molecule has 1 N–H and O–H groups in total. The standard InChI is InChI=1S/C42H60O7Si/c1-8-35-24-34(26-43)25-36(49-50(6,7)42(3,4)5)38(35)48-41-40(46-29-33-22-16-11-17-23-33)39(45-28-32-20-14-10-15-21-32)37(30(2)47-41)44-27-31-18-12-9-13-19-31/h9-23,30,34-41,43H,8,24-29H2,1-7H3/t30?,34?,35?,36?,37-,38?,39?,40?,41+/m1/s1. The molecular formula is C42H60O7Si. The highest BCUT2D eigenvalue weighted by Gasteiger charge is 2.51. The van der Waals surface area contributed by atoms with Crippen LogP contribution < -0.4 is 0 Å². The zero-order valence-corrected chi connectivity index (χ0v) is 32.2. The molecule has 0 amide bonds. The maximum Gasteiger partial charge on any atom is 0.192 e. The zero-order valence-electron chi connectivity index (χ0n) is 31.2. The number of hydrogen-bond donors (Lipinski definition) is 1. The topological polar surface area (TPSA) is 75.6 Å². The fourth-order valence-electron chi connectivity index (χ4n) is 6.98. The van der Waals surface area contributed by atoms with Gasteiger partial charge in [0.2, 0.25) is 0 Å². The maximum absolute atomic E-state index is 10.3. The van der Waals surface area contributed by atoms with Gasteiger partial charge >= 0.3 is 0 Å². The monoisotopic (exact) mass is 704 g/mol. The van der Waals surface area contributed by atoms with E-state index >= 15 is 0 Å². The van der Waals surface area contributed by atoms with E-state index in [2.05, 4.69) is 77.2 Å². The van der Waals surface area contributed by atoms with E-state index in [0.717, 1.165) is 36.0 Å². The summed E-state index contributed by atoms with van der Waals surface area (Å²) in [5.41, 5.74) is 3.21. The van der Waals surface area contributed by atoms with Crippen LogP contribution in [0.15, 0.2) is 91.0 Å². The van der Waals surface area contributed by atoms with Gasteiger partial charge in [0.15, 0.2) is 14.6 Å². The van der Waals surface area contributed by atoms with Crippen molar-refractivity contribution in [2.75, 3.05) is 6.61 Å². The molecule has 1 saturated carbocycles. The molecule has 2 fully saturated rings. The Balaban J connectivity index is 1.48. The van der Waals surface area contributed by atoms with Gasteiger partial charge in [-0.05, 0) is 66.4 Å². The van der Waals surface area contributed by atoms with Crippen molar-refractivity contribution in [1.82, 2.24) is 0 Å². The lowest BCUT2D eigenvalue weighted by Crippen LogP contribution is -2.62. The average molecular weight is 705 g/mol.